The van der Waals surface area contributed by atoms with Gasteiger partial charge in [0, 0.05) is 6.61 Å². The monoisotopic (exact) mass is 114 g/mol. The van der Waals surface area contributed by atoms with Crippen LogP contribution in [0, 0.1) is 17.8 Å². The molecule has 0 aromatic rings. The zero-order valence-corrected chi connectivity index (χ0v) is 4.71. The third-order valence-corrected chi connectivity index (χ3v) is 2.34. The van der Waals surface area contributed by atoms with Crippen molar-refractivity contribution >= 4 is 0 Å². The van der Waals surface area contributed by atoms with Crippen molar-refractivity contribution in [2.75, 3.05) is 19.8 Å². The van der Waals surface area contributed by atoms with E-state index < -0.39 is 0 Å². The van der Waals surface area contributed by atoms with E-state index >= 15 is 0 Å². The summed E-state index contributed by atoms with van der Waals surface area (Å²) in [6, 6.07) is 0. The second-order valence-corrected chi connectivity index (χ2v) is 2.71. The van der Waals surface area contributed by atoms with Crippen LogP contribution in [0.5, 0.6) is 0 Å². The van der Waals surface area contributed by atoms with Gasteiger partial charge in [0.2, 0.25) is 0 Å². The molecule has 0 unspecified atom stereocenters. The minimum absolute atomic E-state index is 0.374. The van der Waals surface area contributed by atoms with E-state index in [0.717, 1.165) is 25.0 Å². The Bertz CT molecular complexity index is 85.9. The molecule has 46 valence electrons. The normalized spacial score (nSPS) is 51.4. The Labute approximate surface area is 48.5 Å². The summed E-state index contributed by atoms with van der Waals surface area (Å²) in [5.41, 5.74) is 0. The van der Waals surface area contributed by atoms with Crippen LogP contribution in [0.4, 0.5) is 0 Å². The number of hydrogen-bond acceptors (Lipinski definition) is 2. The molecule has 1 aliphatic carbocycles. The Morgan fingerprint density at radius 3 is 2.38 bits per heavy atom. The first-order valence-corrected chi connectivity index (χ1v) is 3.12. The summed E-state index contributed by atoms with van der Waals surface area (Å²) in [6.07, 6.45) is 0. The third-order valence-electron chi connectivity index (χ3n) is 2.34. The van der Waals surface area contributed by atoms with Gasteiger partial charge in [-0.25, -0.2) is 0 Å². The number of aliphatic hydroxyl groups is 1. The van der Waals surface area contributed by atoms with Crippen LogP contribution in [0.2, 0.25) is 0 Å². The van der Waals surface area contributed by atoms with Gasteiger partial charge < -0.3 is 9.84 Å². The van der Waals surface area contributed by atoms with Crippen molar-refractivity contribution in [3.63, 3.8) is 0 Å². The molecule has 0 aromatic heterocycles. The summed E-state index contributed by atoms with van der Waals surface area (Å²) in [5, 5.41) is 8.66. The van der Waals surface area contributed by atoms with E-state index in [4.69, 9.17) is 9.84 Å². The smallest absolute Gasteiger partial charge is 0.0501 e. The second kappa shape index (κ2) is 1.45. The highest BCUT2D eigenvalue weighted by molar-refractivity contribution is 4.99. The van der Waals surface area contributed by atoms with Crippen molar-refractivity contribution < 1.29 is 9.84 Å². The molecular formula is C6H10O2. The van der Waals surface area contributed by atoms with Crippen molar-refractivity contribution in [2.45, 2.75) is 0 Å². The molecule has 2 heteroatoms. The lowest BCUT2D eigenvalue weighted by Gasteiger charge is -1.96. The fourth-order valence-corrected chi connectivity index (χ4v) is 1.63. The van der Waals surface area contributed by atoms with Gasteiger partial charge in [-0.3, -0.25) is 0 Å². The number of aliphatic hydroxyl groups excluding tert-OH is 1. The largest absolute Gasteiger partial charge is 0.396 e. The van der Waals surface area contributed by atoms with E-state index in [0.29, 0.717) is 12.5 Å². The summed E-state index contributed by atoms with van der Waals surface area (Å²) in [7, 11) is 0. The molecule has 0 bridgehead atoms. The van der Waals surface area contributed by atoms with E-state index in [1.54, 1.807) is 0 Å². The molecule has 3 atom stereocenters. The standard InChI is InChI=1S/C6H10O2/c7-1-4-5-2-8-3-6(4)5/h4-7H,1-3H2/t4-,5-,6+. The Hall–Kier alpha value is -0.0800. The van der Waals surface area contributed by atoms with Crippen molar-refractivity contribution in [3.05, 3.63) is 0 Å². The van der Waals surface area contributed by atoms with E-state index in [2.05, 4.69) is 0 Å². The lowest BCUT2D eigenvalue weighted by Crippen LogP contribution is -2.00. The SMILES string of the molecule is OC[C@@H]1[C@H]2COC[C@@H]12. The van der Waals surface area contributed by atoms with Crippen LogP contribution in [0.1, 0.15) is 0 Å². The molecule has 0 spiro atoms. The van der Waals surface area contributed by atoms with Gasteiger partial charge in [0.15, 0.2) is 0 Å². The fourth-order valence-electron chi connectivity index (χ4n) is 1.63. The molecular weight excluding hydrogens is 104 g/mol. The summed E-state index contributed by atoms with van der Waals surface area (Å²) in [4.78, 5) is 0. The highest BCUT2D eigenvalue weighted by Gasteiger charge is 2.53. The first kappa shape index (κ1) is 4.77. The minimum Gasteiger partial charge on any atom is -0.396 e. The lowest BCUT2D eigenvalue weighted by molar-refractivity contribution is 0.133. The molecule has 2 aliphatic rings. The highest BCUT2D eigenvalue weighted by Crippen LogP contribution is 2.49. The van der Waals surface area contributed by atoms with Gasteiger partial charge >= 0.3 is 0 Å². The van der Waals surface area contributed by atoms with Gasteiger partial charge in [0.25, 0.3) is 0 Å². The first-order valence-electron chi connectivity index (χ1n) is 3.12. The van der Waals surface area contributed by atoms with E-state index in [1.165, 1.54) is 0 Å². The summed E-state index contributed by atoms with van der Waals surface area (Å²) in [6.45, 7) is 2.17. The van der Waals surface area contributed by atoms with Gasteiger partial charge in [-0.1, -0.05) is 0 Å². The van der Waals surface area contributed by atoms with Gasteiger partial charge in [0.1, 0.15) is 0 Å². The Morgan fingerprint density at radius 2 is 2.00 bits per heavy atom. The van der Waals surface area contributed by atoms with E-state index in [9.17, 15) is 0 Å². The van der Waals surface area contributed by atoms with Gasteiger partial charge in [-0.05, 0) is 17.8 Å². The topological polar surface area (TPSA) is 29.5 Å². The van der Waals surface area contributed by atoms with Gasteiger partial charge in [-0.2, -0.15) is 0 Å². The van der Waals surface area contributed by atoms with Crippen molar-refractivity contribution in [1.29, 1.82) is 0 Å². The van der Waals surface area contributed by atoms with Crippen LogP contribution >= 0.6 is 0 Å². The molecule has 1 N–H and O–H groups in total. The van der Waals surface area contributed by atoms with Crippen molar-refractivity contribution in [2.24, 2.45) is 17.8 Å². The third kappa shape index (κ3) is 0.446. The zero-order valence-electron chi connectivity index (χ0n) is 4.71. The average Bonchev–Trinajstić information content (AvgIpc) is 2.22. The maximum Gasteiger partial charge on any atom is 0.0501 e. The molecule has 0 amide bonds. The van der Waals surface area contributed by atoms with Crippen LogP contribution in [-0.2, 0) is 4.74 Å². The number of hydrogen-bond donors (Lipinski definition) is 1. The molecule has 1 saturated heterocycles. The predicted octanol–water partition coefficient (Wildman–Crippen LogP) is -0.129. The van der Waals surface area contributed by atoms with Crippen LogP contribution in [0.15, 0.2) is 0 Å². The Kier molecular flexibility index (Phi) is 0.866. The predicted molar refractivity (Wildman–Crippen MR) is 28.4 cm³/mol. The van der Waals surface area contributed by atoms with Gasteiger partial charge in [0.05, 0.1) is 13.2 Å². The molecule has 0 aromatic carbocycles. The Balaban J connectivity index is 1.94. The average molecular weight is 114 g/mol. The lowest BCUT2D eigenvalue weighted by atomic mass is 10.3. The molecule has 0 radical (unpaired) electrons. The minimum atomic E-state index is 0.374. The summed E-state index contributed by atoms with van der Waals surface area (Å²) >= 11 is 0. The number of ether oxygens (including phenoxy) is 1. The zero-order chi connectivity index (χ0) is 5.56. The summed E-state index contributed by atoms with van der Waals surface area (Å²) < 4.78 is 5.13. The number of rotatable bonds is 1. The second-order valence-electron chi connectivity index (χ2n) is 2.71. The number of fused-ring (bicyclic) bond motifs is 1. The summed E-state index contributed by atoms with van der Waals surface area (Å²) in [5.74, 6) is 2.05. The maximum absolute atomic E-state index is 8.66. The van der Waals surface area contributed by atoms with Crippen molar-refractivity contribution in [1.82, 2.24) is 0 Å². The fraction of sp³-hybridized carbons (Fsp3) is 1.00. The highest BCUT2D eigenvalue weighted by atomic mass is 16.5. The van der Waals surface area contributed by atoms with Crippen LogP contribution in [0.3, 0.4) is 0 Å². The molecule has 2 nitrogen and oxygen atoms in total. The molecule has 2 rings (SSSR count). The quantitative estimate of drug-likeness (QED) is 0.514. The molecule has 1 heterocycles. The maximum atomic E-state index is 8.66. The van der Waals surface area contributed by atoms with E-state index in [1.807, 2.05) is 0 Å². The van der Waals surface area contributed by atoms with E-state index in [-0.39, 0.29) is 0 Å². The van der Waals surface area contributed by atoms with Crippen LogP contribution < -0.4 is 0 Å². The van der Waals surface area contributed by atoms with Gasteiger partial charge in [-0.15, -0.1) is 0 Å². The molecule has 1 saturated carbocycles. The molecule has 1 aliphatic heterocycles. The first-order chi connectivity index (χ1) is 3.93. The van der Waals surface area contributed by atoms with Crippen LogP contribution in [0.25, 0.3) is 0 Å². The molecule has 2 fully saturated rings. The molecule has 8 heavy (non-hydrogen) atoms. The van der Waals surface area contributed by atoms with Crippen molar-refractivity contribution in [3.8, 4) is 0 Å². The van der Waals surface area contributed by atoms with Crippen LogP contribution in [-0.4, -0.2) is 24.9 Å². The Morgan fingerprint density at radius 1 is 1.38 bits per heavy atom.